The highest BCUT2D eigenvalue weighted by Crippen LogP contribution is 2.29. The molecule has 0 aliphatic heterocycles. The molecule has 2 aromatic rings. The molecule has 0 aliphatic carbocycles. The molecule has 0 heterocycles. The number of carbonyl (C=O) groups is 1. The third kappa shape index (κ3) is 4.34. The van der Waals surface area contributed by atoms with Gasteiger partial charge in [0.05, 0.1) is 7.11 Å². The number of amides is 1. The molecule has 0 saturated heterocycles. The van der Waals surface area contributed by atoms with Crippen molar-refractivity contribution in [1.82, 2.24) is 0 Å². The summed E-state index contributed by atoms with van der Waals surface area (Å²) in [5.41, 5.74) is 6.34. The molecule has 2 aromatic carbocycles. The zero-order valence-electron chi connectivity index (χ0n) is 13.0. The van der Waals surface area contributed by atoms with E-state index in [9.17, 15) is 9.18 Å². The lowest BCUT2D eigenvalue weighted by atomic mass is 10.1. The Morgan fingerprint density at radius 2 is 1.96 bits per heavy atom. The fraction of sp³-hybridized carbons (Fsp3) is 0.111. The number of benzene rings is 2. The molecule has 0 atom stereocenters. The second-order valence-corrected chi connectivity index (χ2v) is 4.86. The summed E-state index contributed by atoms with van der Waals surface area (Å²) in [6.45, 7) is 0.247. The minimum absolute atomic E-state index is 0.156. The molecule has 2 rings (SSSR count). The number of ether oxygens (including phenoxy) is 2. The van der Waals surface area contributed by atoms with Crippen LogP contribution in [0.15, 0.2) is 48.0 Å². The van der Waals surface area contributed by atoms with Crippen LogP contribution in [0.2, 0.25) is 0 Å². The average molecular weight is 326 g/mol. The normalized spacial score (nSPS) is 10.8. The third-order valence-electron chi connectivity index (χ3n) is 3.19. The molecule has 5 nitrogen and oxygen atoms in total. The number of rotatable bonds is 6. The van der Waals surface area contributed by atoms with Crippen molar-refractivity contribution in [3.63, 3.8) is 0 Å². The number of nitriles is 1. The smallest absolute Gasteiger partial charge is 0.259 e. The molecule has 0 aromatic heterocycles. The van der Waals surface area contributed by atoms with Gasteiger partial charge in [-0.15, -0.1) is 0 Å². The third-order valence-corrected chi connectivity index (χ3v) is 3.19. The standard InChI is InChI=1S/C18H15FN2O3/c1-23-17-9-13(8-14(10-20)18(21)22)4-7-16(17)24-11-12-2-5-15(19)6-3-12/h2-9H,11H2,1H3,(H2,21,22)/b14-8-. The lowest BCUT2D eigenvalue weighted by molar-refractivity contribution is -0.114. The van der Waals surface area contributed by atoms with Gasteiger partial charge in [0.2, 0.25) is 0 Å². The lowest BCUT2D eigenvalue weighted by Crippen LogP contribution is -2.12. The molecule has 0 fully saturated rings. The maximum Gasteiger partial charge on any atom is 0.259 e. The van der Waals surface area contributed by atoms with Gasteiger partial charge in [-0.25, -0.2) is 4.39 Å². The molecule has 0 unspecified atom stereocenters. The first-order chi connectivity index (χ1) is 11.5. The second-order valence-electron chi connectivity index (χ2n) is 4.86. The predicted molar refractivity (Wildman–Crippen MR) is 86.5 cm³/mol. The SMILES string of the molecule is COc1cc(/C=C(/C#N)C(N)=O)ccc1OCc1ccc(F)cc1. The van der Waals surface area contributed by atoms with Crippen LogP contribution < -0.4 is 15.2 Å². The van der Waals surface area contributed by atoms with E-state index in [1.807, 2.05) is 0 Å². The first-order valence-electron chi connectivity index (χ1n) is 7.00. The average Bonchev–Trinajstić information content (AvgIpc) is 2.59. The van der Waals surface area contributed by atoms with Crippen molar-refractivity contribution in [2.24, 2.45) is 5.73 Å². The van der Waals surface area contributed by atoms with Crippen LogP contribution in [0.4, 0.5) is 4.39 Å². The van der Waals surface area contributed by atoms with Crippen LogP contribution in [0.1, 0.15) is 11.1 Å². The maximum absolute atomic E-state index is 12.9. The Kier molecular flexibility index (Phi) is 5.53. The number of methoxy groups -OCH3 is 1. The van der Waals surface area contributed by atoms with Crippen molar-refractivity contribution >= 4 is 12.0 Å². The van der Waals surface area contributed by atoms with Gasteiger partial charge in [-0.1, -0.05) is 18.2 Å². The number of hydrogen-bond acceptors (Lipinski definition) is 4. The van der Waals surface area contributed by atoms with Crippen LogP contribution in [0.3, 0.4) is 0 Å². The lowest BCUT2D eigenvalue weighted by Gasteiger charge is -2.11. The van der Waals surface area contributed by atoms with Crippen LogP contribution >= 0.6 is 0 Å². The van der Waals surface area contributed by atoms with E-state index in [0.717, 1.165) is 5.56 Å². The zero-order valence-corrected chi connectivity index (χ0v) is 13.0. The highest BCUT2D eigenvalue weighted by molar-refractivity contribution is 6.00. The number of primary amides is 1. The molecule has 24 heavy (non-hydrogen) atoms. The van der Waals surface area contributed by atoms with Gasteiger partial charge in [-0.2, -0.15) is 5.26 Å². The molecule has 122 valence electrons. The van der Waals surface area contributed by atoms with Crippen molar-refractivity contribution in [2.45, 2.75) is 6.61 Å². The molecule has 0 spiro atoms. The van der Waals surface area contributed by atoms with Gasteiger partial charge in [0.25, 0.3) is 5.91 Å². The summed E-state index contributed by atoms with van der Waals surface area (Å²) in [4.78, 5) is 11.1. The minimum atomic E-state index is -0.798. The minimum Gasteiger partial charge on any atom is -0.493 e. The number of nitrogens with zero attached hydrogens (tertiary/aromatic N) is 1. The summed E-state index contributed by atoms with van der Waals surface area (Å²) in [7, 11) is 1.48. The Morgan fingerprint density at radius 3 is 2.54 bits per heavy atom. The van der Waals surface area contributed by atoms with E-state index in [2.05, 4.69) is 0 Å². The van der Waals surface area contributed by atoms with E-state index in [4.69, 9.17) is 20.5 Å². The van der Waals surface area contributed by atoms with E-state index >= 15 is 0 Å². The van der Waals surface area contributed by atoms with Crippen molar-refractivity contribution in [3.8, 4) is 17.6 Å². The predicted octanol–water partition coefficient (Wildman–Crippen LogP) is 2.81. The van der Waals surface area contributed by atoms with Crippen molar-refractivity contribution < 1.29 is 18.7 Å². The van der Waals surface area contributed by atoms with Crippen LogP contribution in [0.5, 0.6) is 11.5 Å². The quantitative estimate of drug-likeness (QED) is 0.653. The monoisotopic (exact) mass is 326 g/mol. The summed E-state index contributed by atoms with van der Waals surface area (Å²) in [5.74, 6) is -0.187. The topological polar surface area (TPSA) is 85.3 Å². The summed E-state index contributed by atoms with van der Waals surface area (Å²) in [6, 6.07) is 12.7. The molecule has 1 amide bonds. The fourth-order valence-electron chi connectivity index (χ4n) is 1.96. The Balaban J connectivity index is 2.18. The molecule has 0 bridgehead atoms. The van der Waals surface area contributed by atoms with E-state index in [1.54, 1.807) is 36.4 Å². The second kappa shape index (κ2) is 7.79. The summed E-state index contributed by atoms with van der Waals surface area (Å²) in [6.07, 6.45) is 1.37. The molecule has 2 N–H and O–H groups in total. The Bertz CT molecular complexity index is 808. The van der Waals surface area contributed by atoms with Gasteiger partial charge in [0.15, 0.2) is 11.5 Å². The van der Waals surface area contributed by atoms with Crippen molar-refractivity contribution in [1.29, 1.82) is 5.26 Å². The van der Waals surface area contributed by atoms with Gasteiger partial charge in [-0.3, -0.25) is 4.79 Å². The van der Waals surface area contributed by atoms with Gasteiger partial charge in [0, 0.05) is 0 Å². The molecular formula is C18H15FN2O3. The molecule has 0 saturated carbocycles. The summed E-state index contributed by atoms with van der Waals surface area (Å²) < 4.78 is 23.8. The van der Waals surface area contributed by atoms with Crippen LogP contribution in [0, 0.1) is 17.1 Å². The summed E-state index contributed by atoms with van der Waals surface area (Å²) in [5, 5.41) is 8.87. The van der Waals surface area contributed by atoms with E-state index in [-0.39, 0.29) is 18.0 Å². The van der Waals surface area contributed by atoms with Crippen LogP contribution in [-0.4, -0.2) is 13.0 Å². The van der Waals surface area contributed by atoms with E-state index < -0.39 is 5.91 Å². The maximum atomic E-state index is 12.9. The fourth-order valence-corrected chi connectivity index (χ4v) is 1.96. The number of halogens is 1. The molecule has 6 heteroatoms. The Morgan fingerprint density at radius 1 is 1.25 bits per heavy atom. The Labute approximate surface area is 138 Å². The van der Waals surface area contributed by atoms with Gasteiger partial charge in [-0.05, 0) is 41.5 Å². The molecular weight excluding hydrogens is 311 g/mol. The summed E-state index contributed by atoms with van der Waals surface area (Å²) >= 11 is 0. The molecule has 0 radical (unpaired) electrons. The molecule has 0 aliphatic rings. The van der Waals surface area contributed by atoms with Gasteiger partial charge < -0.3 is 15.2 Å². The van der Waals surface area contributed by atoms with Crippen molar-refractivity contribution in [2.75, 3.05) is 7.11 Å². The van der Waals surface area contributed by atoms with Gasteiger partial charge in [0.1, 0.15) is 24.1 Å². The van der Waals surface area contributed by atoms with E-state index in [1.165, 1.54) is 25.3 Å². The zero-order chi connectivity index (χ0) is 17.5. The Hall–Kier alpha value is -3.33. The highest BCUT2D eigenvalue weighted by Gasteiger charge is 2.08. The van der Waals surface area contributed by atoms with Crippen LogP contribution in [0.25, 0.3) is 6.08 Å². The highest BCUT2D eigenvalue weighted by atomic mass is 19.1. The van der Waals surface area contributed by atoms with E-state index in [0.29, 0.717) is 17.1 Å². The number of hydrogen-bond donors (Lipinski definition) is 1. The van der Waals surface area contributed by atoms with Crippen molar-refractivity contribution in [3.05, 3.63) is 65.0 Å². The number of nitrogens with two attached hydrogens (primary N) is 1. The first-order valence-corrected chi connectivity index (χ1v) is 7.00. The largest absolute Gasteiger partial charge is 0.493 e. The van der Waals surface area contributed by atoms with Crippen LogP contribution in [-0.2, 0) is 11.4 Å². The first kappa shape index (κ1) is 17.0. The van der Waals surface area contributed by atoms with Gasteiger partial charge >= 0.3 is 0 Å². The number of carbonyl (C=O) groups excluding carboxylic acids is 1.